The molecule has 25 heavy (non-hydrogen) atoms. The highest BCUT2D eigenvalue weighted by atomic mass is 35.5. The van der Waals surface area contributed by atoms with E-state index in [1.807, 2.05) is 30.3 Å². The minimum Gasteiger partial charge on any atom is -0.477 e. The van der Waals surface area contributed by atoms with Gasteiger partial charge in [-0.05, 0) is 24.3 Å². The van der Waals surface area contributed by atoms with Gasteiger partial charge in [-0.15, -0.1) is 23.1 Å². The van der Waals surface area contributed by atoms with E-state index in [4.69, 9.17) is 16.3 Å². The number of nitrogens with one attached hydrogen (secondary N) is 1. The molecule has 1 N–H and O–H groups in total. The summed E-state index contributed by atoms with van der Waals surface area (Å²) >= 11 is 8.97. The Labute approximate surface area is 159 Å². The maximum absolute atomic E-state index is 12.7. The molecule has 0 saturated heterocycles. The molecule has 1 aromatic heterocycles. The molecule has 0 bridgehead atoms. The number of hydrogen-bond acceptors (Lipinski definition) is 5. The van der Waals surface area contributed by atoms with E-state index in [0.717, 1.165) is 15.0 Å². The number of thioether (sulfide) groups is 1. The van der Waals surface area contributed by atoms with E-state index in [1.165, 1.54) is 23.1 Å². The van der Waals surface area contributed by atoms with E-state index in [2.05, 4.69) is 5.32 Å². The standard InChI is InChI=1S/C17H17ClN2O3S2/c1-19-17(22)14-8-20(12-4-2-3-5-13(12)23-14)16(21)10-24-9-11-6-7-15(18)25-11/h2-7,14H,8-10H2,1H3,(H,19,22)/t14-/m1/s1. The van der Waals surface area contributed by atoms with Crippen LogP contribution in [0.25, 0.3) is 0 Å². The molecule has 1 aliphatic rings. The number of para-hydroxylation sites is 2. The third kappa shape index (κ3) is 4.29. The van der Waals surface area contributed by atoms with Crippen molar-refractivity contribution < 1.29 is 14.3 Å². The summed E-state index contributed by atoms with van der Waals surface area (Å²) in [5.41, 5.74) is 0.701. The van der Waals surface area contributed by atoms with Crippen LogP contribution in [-0.2, 0) is 15.3 Å². The lowest BCUT2D eigenvalue weighted by atomic mass is 10.2. The predicted octanol–water partition coefficient (Wildman–Crippen LogP) is 3.17. The lowest BCUT2D eigenvalue weighted by Crippen LogP contribution is -2.50. The molecule has 0 radical (unpaired) electrons. The fourth-order valence-corrected chi connectivity index (χ4v) is 4.61. The molecule has 1 atom stereocenters. The number of benzene rings is 1. The number of nitrogens with zero attached hydrogens (tertiary/aromatic N) is 1. The summed E-state index contributed by atoms with van der Waals surface area (Å²) in [6, 6.07) is 11.1. The maximum Gasteiger partial charge on any atom is 0.262 e. The van der Waals surface area contributed by atoms with Crippen LogP contribution in [0.5, 0.6) is 5.75 Å². The lowest BCUT2D eigenvalue weighted by molar-refractivity contribution is -0.127. The Morgan fingerprint density at radius 2 is 2.16 bits per heavy atom. The SMILES string of the molecule is CNC(=O)[C@H]1CN(C(=O)CSCc2ccc(Cl)s2)c2ccccc2O1. The molecular weight excluding hydrogens is 380 g/mol. The second-order valence-corrected chi connectivity index (χ2v) is 8.18. The van der Waals surface area contributed by atoms with Crippen LogP contribution in [0, 0.1) is 0 Å². The summed E-state index contributed by atoms with van der Waals surface area (Å²) in [4.78, 5) is 27.4. The van der Waals surface area contributed by atoms with Crippen LogP contribution in [0.3, 0.4) is 0 Å². The van der Waals surface area contributed by atoms with Gasteiger partial charge in [0.2, 0.25) is 5.91 Å². The molecule has 2 heterocycles. The lowest BCUT2D eigenvalue weighted by Gasteiger charge is -2.34. The zero-order chi connectivity index (χ0) is 17.8. The average molecular weight is 397 g/mol. The highest BCUT2D eigenvalue weighted by Gasteiger charge is 2.33. The van der Waals surface area contributed by atoms with Crippen molar-refractivity contribution in [1.82, 2.24) is 5.32 Å². The van der Waals surface area contributed by atoms with Crippen LogP contribution in [0.15, 0.2) is 36.4 Å². The van der Waals surface area contributed by atoms with Crippen LogP contribution in [0.2, 0.25) is 4.34 Å². The van der Waals surface area contributed by atoms with Crippen molar-refractivity contribution in [3.05, 3.63) is 45.6 Å². The zero-order valence-electron chi connectivity index (χ0n) is 13.5. The number of amides is 2. The fraction of sp³-hybridized carbons (Fsp3) is 0.294. The van der Waals surface area contributed by atoms with Crippen LogP contribution in [-0.4, -0.2) is 37.3 Å². The number of hydrogen-bond donors (Lipinski definition) is 1. The van der Waals surface area contributed by atoms with E-state index in [9.17, 15) is 9.59 Å². The van der Waals surface area contributed by atoms with Gasteiger partial charge in [0.1, 0.15) is 5.75 Å². The molecule has 0 spiro atoms. The third-order valence-electron chi connectivity index (χ3n) is 3.71. The second-order valence-electron chi connectivity index (χ2n) is 5.39. The van der Waals surface area contributed by atoms with Gasteiger partial charge in [-0.25, -0.2) is 0 Å². The summed E-state index contributed by atoms with van der Waals surface area (Å²) in [5.74, 6) is 1.31. The Bertz CT molecular complexity index is 781. The molecule has 1 aromatic carbocycles. The quantitative estimate of drug-likeness (QED) is 0.843. The minimum atomic E-state index is -0.704. The van der Waals surface area contributed by atoms with Gasteiger partial charge in [0.15, 0.2) is 6.10 Å². The molecule has 0 unspecified atom stereocenters. The molecule has 2 amide bonds. The Balaban J connectivity index is 1.68. The maximum atomic E-state index is 12.7. The number of fused-ring (bicyclic) bond motifs is 1. The molecule has 0 fully saturated rings. The molecule has 132 valence electrons. The van der Waals surface area contributed by atoms with Gasteiger partial charge in [-0.3, -0.25) is 9.59 Å². The normalized spacial score (nSPS) is 16.1. The molecule has 2 aromatic rings. The van der Waals surface area contributed by atoms with Crippen molar-refractivity contribution in [2.24, 2.45) is 0 Å². The third-order valence-corrected chi connectivity index (χ3v) is 6.09. The summed E-state index contributed by atoms with van der Waals surface area (Å²) in [6.45, 7) is 0.209. The number of anilines is 1. The molecule has 0 aliphatic carbocycles. The Hall–Kier alpha value is -1.70. The van der Waals surface area contributed by atoms with Gasteiger partial charge in [0, 0.05) is 17.7 Å². The van der Waals surface area contributed by atoms with E-state index in [1.54, 1.807) is 18.0 Å². The van der Waals surface area contributed by atoms with Gasteiger partial charge in [-0.2, -0.15) is 0 Å². The summed E-state index contributed by atoms with van der Waals surface area (Å²) < 4.78 is 6.46. The molecular formula is C17H17ClN2O3S2. The van der Waals surface area contributed by atoms with Crippen LogP contribution in [0.1, 0.15) is 4.88 Å². The first kappa shape index (κ1) is 18.1. The number of carbonyl (C=O) groups is 2. The molecule has 5 nitrogen and oxygen atoms in total. The summed E-state index contributed by atoms with van der Waals surface area (Å²) in [5, 5.41) is 2.57. The predicted molar refractivity (Wildman–Crippen MR) is 103 cm³/mol. The van der Waals surface area contributed by atoms with Crippen LogP contribution in [0.4, 0.5) is 5.69 Å². The van der Waals surface area contributed by atoms with Crippen molar-refractivity contribution in [2.45, 2.75) is 11.9 Å². The molecule has 8 heteroatoms. The van der Waals surface area contributed by atoms with E-state index >= 15 is 0 Å². The smallest absolute Gasteiger partial charge is 0.262 e. The van der Waals surface area contributed by atoms with Crippen LogP contribution < -0.4 is 15.0 Å². The van der Waals surface area contributed by atoms with Crippen molar-refractivity contribution in [3.63, 3.8) is 0 Å². The number of rotatable bonds is 5. The number of thiophene rings is 1. The number of likely N-dealkylation sites (N-methyl/N-ethyl adjacent to an activating group) is 1. The molecule has 1 aliphatic heterocycles. The largest absolute Gasteiger partial charge is 0.477 e. The molecule has 0 saturated carbocycles. The summed E-state index contributed by atoms with van der Waals surface area (Å²) in [6.07, 6.45) is -0.704. The average Bonchev–Trinajstić information content (AvgIpc) is 3.05. The highest BCUT2D eigenvalue weighted by molar-refractivity contribution is 7.99. The van der Waals surface area contributed by atoms with E-state index in [0.29, 0.717) is 17.2 Å². The monoisotopic (exact) mass is 396 g/mol. The van der Waals surface area contributed by atoms with Gasteiger partial charge in [0.05, 0.1) is 22.3 Å². The Morgan fingerprint density at radius 1 is 1.36 bits per heavy atom. The number of carbonyl (C=O) groups excluding carboxylic acids is 2. The van der Waals surface area contributed by atoms with E-state index in [-0.39, 0.29) is 18.4 Å². The number of halogens is 1. The van der Waals surface area contributed by atoms with Crippen molar-refractivity contribution in [2.75, 3.05) is 24.2 Å². The fourth-order valence-electron chi connectivity index (χ4n) is 2.51. The number of ether oxygens (including phenoxy) is 1. The van der Waals surface area contributed by atoms with Crippen LogP contribution >= 0.6 is 34.7 Å². The highest BCUT2D eigenvalue weighted by Crippen LogP contribution is 2.34. The van der Waals surface area contributed by atoms with Crippen molar-refractivity contribution in [1.29, 1.82) is 0 Å². The van der Waals surface area contributed by atoms with Gasteiger partial charge in [-0.1, -0.05) is 23.7 Å². The minimum absolute atomic E-state index is 0.0442. The Kier molecular flexibility index (Phi) is 5.88. The van der Waals surface area contributed by atoms with E-state index < -0.39 is 6.10 Å². The molecule has 3 rings (SSSR count). The van der Waals surface area contributed by atoms with Crippen molar-refractivity contribution in [3.8, 4) is 5.75 Å². The Morgan fingerprint density at radius 3 is 2.88 bits per heavy atom. The van der Waals surface area contributed by atoms with Gasteiger partial charge < -0.3 is 15.0 Å². The first-order valence-electron chi connectivity index (χ1n) is 7.68. The van der Waals surface area contributed by atoms with Gasteiger partial charge in [0.25, 0.3) is 5.91 Å². The summed E-state index contributed by atoms with van der Waals surface area (Å²) in [7, 11) is 1.56. The van der Waals surface area contributed by atoms with Crippen molar-refractivity contribution >= 4 is 52.2 Å². The zero-order valence-corrected chi connectivity index (χ0v) is 15.9. The topological polar surface area (TPSA) is 58.6 Å². The van der Waals surface area contributed by atoms with Gasteiger partial charge >= 0.3 is 0 Å². The first-order valence-corrected chi connectivity index (χ1v) is 10.0. The first-order chi connectivity index (χ1) is 12.1. The second kappa shape index (κ2) is 8.12.